The molecule has 13 heteroatoms. The lowest BCUT2D eigenvalue weighted by atomic mass is 9.84. The lowest BCUT2D eigenvalue weighted by Crippen LogP contribution is -2.41. The molecule has 2 heterocycles. The van der Waals surface area contributed by atoms with E-state index in [1.54, 1.807) is 45.0 Å². The van der Waals surface area contributed by atoms with Gasteiger partial charge in [-0.1, -0.05) is 15.9 Å². The molecule has 2 fully saturated rings. The molecule has 0 aromatic heterocycles. The SMILES string of the molecule is C1CNC2(C1)CCNC2.CCOC(=O)CBr.CCOC(=O)CC(C#N)(C#N)CC(=O)OCC.N#CCC#N. The fourth-order valence-electron chi connectivity index (χ4n) is 3.37. The summed E-state index contributed by atoms with van der Waals surface area (Å²) >= 11 is 2.94. The van der Waals surface area contributed by atoms with Gasteiger partial charge in [0.15, 0.2) is 5.41 Å². The van der Waals surface area contributed by atoms with E-state index in [2.05, 4.69) is 40.8 Å². The van der Waals surface area contributed by atoms with E-state index in [0.29, 0.717) is 17.5 Å². The summed E-state index contributed by atoms with van der Waals surface area (Å²) in [6.45, 7) is 9.44. The van der Waals surface area contributed by atoms with Crippen molar-refractivity contribution in [2.24, 2.45) is 5.41 Å². The highest BCUT2D eigenvalue weighted by Gasteiger charge is 2.37. The molecule has 0 saturated carbocycles. The maximum absolute atomic E-state index is 11.2. The van der Waals surface area contributed by atoms with Gasteiger partial charge in [0.25, 0.3) is 0 Å². The molecule has 2 aliphatic heterocycles. The van der Waals surface area contributed by atoms with Gasteiger partial charge < -0.3 is 24.8 Å². The quantitative estimate of drug-likeness (QED) is 0.236. The third-order valence-corrected chi connectivity index (χ3v) is 5.54. The van der Waals surface area contributed by atoms with Crippen molar-refractivity contribution in [1.29, 1.82) is 21.0 Å². The molecule has 1 atom stereocenters. The second-order valence-corrected chi connectivity index (χ2v) is 8.50. The molecule has 210 valence electrons. The van der Waals surface area contributed by atoms with E-state index < -0.39 is 30.2 Å². The van der Waals surface area contributed by atoms with E-state index in [0.717, 1.165) is 0 Å². The van der Waals surface area contributed by atoms with Crippen LogP contribution >= 0.6 is 15.9 Å². The molecule has 2 saturated heterocycles. The molecular weight excluding hydrogens is 560 g/mol. The highest BCUT2D eigenvalue weighted by Crippen LogP contribution is 2.26. The number of esters is 3. The maximum atomic E-state index is 11.2. The van der Waals surface area contributed by atoms with Crippen LogP contribution in [0.3, 0.4) is 0 Å². The summed E-state index contributed by atoms with van der Waals surface area (Å²) in [7, 11) is 0. The molecule has 2 N–H and O–H groups in total. The van der Waals surface area contributed by atoms with Gasteiger partial charge in [0, 0.05) is 12.1 Å². The van der Waals surface area contributed by atoms with Crippen molar-refractivity contribution in [2.75, 3.05) is 44.8 Å². The highest BCUT2D eigenvalue weighted by molar-refractivity contribution is 9.09. The van der Waals surface area contributed by atoms with E-state index >= 15 is 0 Å². The summed E-state index contributed by atoms with van der Waals surface area (Å²) in [5, 5.41) is 40.3. The van der Waals surface area contributed by atoms with Gasteiger partial charge in [0.2, 0.25) is 0 Å². The fourth-order valence-corrected chi connectivity index (χ4v) is 3.54. The Kier molecular flexibility index (Phi) is 22.3. The number of ether oxygens (including phenoxy) is 3. The molecule has 2 rings (SSSR count). The molecule has 1 unspecified atom stereocenters. The Morgan fingerprint density at radius 2 is 1.34 bits per heavy atom. The summed E-state index contributed by atoms with van der Waals surface area (Å²) in [6.07, 6.45) is 3.23. The molecule has 0 aromatic rings. The number of nitrogens with zero attached hydrogens (tertiary/aromatic N) is 4. The predicted molar refractivity (Wildman–Crippen MR) is 140 cm³/mol. The number of nitrogens with one attached hydrogen (secondary N) is 2. The Morgan fingerprint density at radius 3 is 1.61 bits per heavy atom. The van der Waals surface area contributed by atoms with E-state index in [9.17, 15) is 14.4 Å². The first kappa shape index (κ1) is 36.9. The molecule has 1 spiro atoms. The average molecular weight is 598 g/mol. The second kappa shape index (κ2) is 22.9. The van der Waals surface area contributed by atoms with Crippen LogP contribution in [0, 0.1) is 50.7 Å². The van der Waals surface area contributed by atoms with Crippen LogP contribution in [0.1, 0.15) is 59.3 Å². The summed E-state index contributed by atoms with van der Waals surface area (Å²) in [6, 6.07) is 6.67. The van der Waals surface area contributed by atoms with Crippen LogP contribution in [-0.2, 0) is 28.6 Å². The molecule has 2 aliphatic rings. The average Bonchev–Trinajstić information content (AvgIpc) is 3.57. The first-order chi connectivity index (χ1) is 18.2. The van der Waals surface area contributed by atoms with Crippen molar-refractivity contribution >= 4 is 33.8 Å². The summed E-state index contributed by atoms with van der Waals surface area (Å²) in [5.74, 6) is -1.57. The molecule has 12 nitrogen and oxygen atoms in total. The summed E-state index contributed by atoms with van der Waals surface area (Å²) in [4.78, 5) is 32.6. The standard InChI is InChI=1S/C11H14N2O4.C7H14N2.C4H7BrO2.C3H2N2/c1-3-16-9(14)5-11(7-12,8-13)6-10(15)17-4-2;1-2-7(9-4-1)3-5-8-6-7;1-2-7-4(6)3-5;4-2-1-3-5/h3-6H2,1-2H3;8-9H,1-6H2;2-3H2,1H3;1H2. The van der Waals surface area contributed by atoms with Crippen molar-refractivity contribution in [2.45, 2.75) is 64.8 Å². The summed E-state index contributed by atoms with van der Waals surface area (Å²) < 4.78 is 13.8. The Hall–Kier alpha value is -3.23. The zero-order chi connectivity index (χ0) is 29.3. The molecule has 0 aromatic carbocycles. The predicted octanol–water partition coefficient (Wildman–Crippen LogP) is 2.40. The van der Waals surface area contributed by atoms with Crippen molar-refractivity contribution in [1.82, 2.24) is 10.6 Å². The number of hydrogen-bond acceptors (Lipinski definition) is 12. The van der Waals surface area contributed by atoms with Crippen molar-refractivity contribution in [3.63, 3.8) is 0 Å². The van der Waals surface area contributed by atoms with E-state index in [4.69, 9.17) is 21.0 Å². The van der Waals surface area contributed by atoms with Crippen LogP contribution in [0.4, 0.5) is 0 Å². The highest BCUT2D eigenvalue weighted by atomic mass is 79.9. The zero-order valence-corrected chi connectivity index (χ0v) is 23.9. The minimum absolute atomic E-state index is 0. The summed E-state index contributed by atoms with van der Waals surface area (Å²) in [5.41, 5.74) is -1.18. The number of carbonyl (C=O) groups excluding carboxylic acids is 3. The van der Waals surface area contributed by atoms with Crippen molar-refractivity contribution in [3.8, 4) is 24.3 Å². The number of halogens is 1. The normalized spacial score (nSPS) is 16.6. The van der Waals surface area contributed by atoms with E-state index in [-0.39, 0.29) is 25.6 Å². The van der Waals surface area contributed by atoms with Gasteiger partial charge in [0.05, 0.1) is 56.9 Å². The first-order valence-electron chi connectivity index (χ1n) is 12.2. The molecule has 38 heavy (non-hydrogen) atoms. The van der Waals surface area contributed by atoms with Gasteiger partial charge in [-0.3, -0.25) is 14.4 Å². The van der Waals surface area contributed by atoms with Gasteiger partial charge in [-0.15, -0.1) is 0 Å². The minimum Gasteiger partial charge on any atom is -0.466 e. The lowest BCUT2D eigenvalue weighted by molar-refractivity contribution is -0.147. The molecule has 0 amide bonds. The van der Waals surface area contributed by atoms with Crippen LogP contribution in [0.2, 0.25) is 0 Å². The van der Waals surface area contributed by atoms with Gasteiger partial charge in [-0.2, -0.15) is 21.0 Å². The number of hydrogen-bond donors (Lipinski definition) is 2. The van der Waals surface area contributed by atoms with Gasteiger partial charge in [0.1, 0.15) is 11.8 Å². The van der Waals surface area contributed by atoms with Crippen LogP contribution in [0.15, 0.2) is 0 Å². The van der Waals surface area contributed by atoms with E-state index in [1.165, 1.54) is 38.9 Å². The monoisotopic (exact) mass is 596 g/mol. The molecule has 0 radical (unpaired) electrons. The Balaban J connectivity index is 0. The van der Waals surface area contributed by atoms with Gasteiger partial charge in [-0.25, -0.2) is 0 Å². The van der Waals surface area contributed by atoms with Crippen LogP contribution in [0.25, 0.3) is 0 Å². The minimum atomic E-state index is -1.71. The zero-order valence-electron chi connectivity index (χ0n) is 22.3. The van der Waals surface area contributed by atoms with Crippen molar-refractivity contribution < 1.29 is 28.6 Å². The van der Waals surface area contributed by atoms with Gasteiger partial charge in [-0.05, 0) is 53.1 Å². The van der Waals surface area contributed by atoms with Crippen molar-refractivity contribution in [3.05, 3.63) is 0 Å². The Bertz CT molecular complexity index is 809. The fraction of sp³-hybridized carbons (Fsp3) is 0.720. The number of alkyl halides is 1. The number of rotatable bonds is 8. The van der Waals surface area contributed by atoms with Crippen LogP contribution in [0.5, 0.6) is 0 Å². The van der Waals surface area contributed by atoms with Crippen LogP contribution in [-0.4, -0.2) is 68.2 Å². The third kappa shape index (κ3) is 17.3. The number of nitriles is 4. The second-order valence-electron chi connectivity index (χ2n) is 7.94. The van der Waals surface area contributed by atoms with E-state index in [1.807, 2.05) is 0 Å². The topological polar surface area (TPSA) is 198 Å². The van der Waals surface area contributed by atoms with Gasteiger partial charge >= 0.3 is 17.9 Å². The first-order valence-corrected chi connectivity index (χ1v) is 13.3. The third-order valence-electron chi connectivity index (χ3n) is 5.08. The Labute approximate surface area is 233 Å². The molecular formula is C25H37BrN6O6. The smallest absolute Gasteiger partial charge is 0.316 e. The number of carbonyl (C=O) groups is 3. The molecule has 0 aliphatic carbocycles. The lowest BCUT2D eigenvalue weighted by Gasteiger charge is -2.21. The largest absolute Gasteiger partial charge is 0.466 e. The Morgan fingerprint density at radius 1 is 0.842 bits per heavy atom. The van der Waals surface area contributed by atoms with Crippen LogP contribution < -0.4 is 10.6 Å². The molecule has 0 bridgehead atoms. The maximum Gasteiger partial charge on any atom is 0.316 e.